The van der Waals surface area contributed by atoms with E-state index in [-0.39, 0.29) is 0 Å². The molecule has 0 spiro atoms. The van der Waals surface area contributed by atoms with Crippen molar-refractivity contribution >= 4 is 0 Å². The van der Waals surface area contributed by atoms with Crippen molar-refractivity contribution in [1.29, 1.82) is 0 Å². The normalized spacial score (nSPS) is 56.1. The molecule has 77 valence electrons. The molecule has 0 amide bonds. The molecule has 4 bridgehead atoms. The van der Waals surface area contributed by atoms with Crippen molar-refractivity contribution in [2.75, 3.05) is 0 Å². The maximum atomic E-state index is 3.91. The lowest BCUT2D eigenvalue weighted by atomic mass is 9.58. The number of fused-ring (bicyclic) bond motifs is 4. The maximum Gasteiger partial charge on any atom is 0.0388 e. The van der Waals surface area contributed by atoms with Gasteiger partial charge in [0, 0.05) is 23.2 Å². The van der Waals surface area contributed by atoms with Gasteiger partial charge in [0.2, 0.25) is 0 Å². The Morgan fingerprint density at radius 3 is 2.36 bits per heavy atom. The lowest BCUT2D eigenvalue weighted by molar-refractivity contribution is 0.0380. The number of piperidine rings is 1. The minimum absolute atomic E-state index is 0.492. The Morgan fingerprint density at radius 1 is 1.07 bits per heavy atom. The van der Waals surface area contributed by atoms with Gasteiger partial charge in [0.25, 0.3) is 0 Å². The Labute approximate surface area is 85.8 Å². The molecule has 1 unspecified atom stereocenters. The average Bonchev–Trinajstić information content (AvgIpc) is 2.78. The van der Waals surface area contributed by atoms with Crippen LogP contribution in [0, 0.1) is 6.04 Å². The molecule has 5 rings (SSSR count). The van der Waals surface area contributed by atoms with Crippen molar-refractivity contribution in [3.05, 3.63) is 6.04 Å². The van der Waals surface area contributed by atoms with Crippen LogP contribution in [0.3, 0.4) is 0 Å². The highest BCUT2D eigenvalue weighted by Crippen LogP contribution is 2.56. The van der Waals surface area contributed by atoms with E-state index in [0.29, 0.717) is 11.1 Å². The molecule has 5 aliphatic rings. The Morgan fingerprint density at radius 2 is 1.86 bits per heavy atom. The van der Waals surface area contributed by atoms with Gasteiger partial charge in [0.15, 0.2) is 0 Å². The zero-order valence-corrected chi connectivity index (χ0v) is 8.73. The number of nitrogens with one attached hydrogen (secondary N) is 2. The van der Waals surface area contributed by atoms with Gasteiger partial charge in [0.1, 0.15) is 0 Å². The summed E-state index contributed by atoms with van der Waals surface area (Å²) in [4.78, 5) is 0. The smallest absolute Gasteiger partial charge is 0.0388 e. The fourth-order valence-corrected chi connectivity index (χ4v) is 4.52. The van der Waals surface area contributed by atoms with Gasteiger partial charge in [-0.25, -0.2) is 0 Å². The highest BCUT2D eigenvalue weighted by Gasteiger charge is 2.63. The van der Waals surface area contributed by atoms with Gasteiger partial charge in [-0.05, 0) is 51.4 Å². The quantitative estimate of drug-likeness (QED) is 0.659. The molecule has 4 saturated heterocycles. The second kappa shape index (κ2) is 2.35. The van der Waals surface area contributed by atoms with Crippen molar-refractivity contribution in [3.8, 4) is 0 Å². The molecule has 2 heteroatoms. The summed E-state index contributed by atoms with van der Waals surface area (Å²) in [5, 5.41) is 7.72. The van der Waals surface area contributed by atoms with Crippen LogP contribution in [0.1, 0.15) is 51.4 Å². The van der Waals surface area contributed by atoms with Crippen LogP contribution in [0.5, 0.6) is 0 Å². The van der Waals surface area contributed by atoms with E-state index in [9.17, 15) is 0 Å². The van der Waals surface area contributed by atoms with E-state index >= 15 is 0 Å². The van der Waals surface area contributed by atoms with Crippen molar-refractivity contribution in [2.24, 2.45) is 0 Å². The molecule has 5 fully saturated rings. The van der Waals surface area contributed by atoms with Gasteiger partial charge < -0.3 is 10.6 Å². The van der Waals surface area contributed by atoms with E-state index in [0.717, 1.165) is 6.04 Å². The first-order valence-corrected chi connectivity index (χ1v) is 6.23. The van der Waals surface area contributed by atoms with Crippen LogP contribution in [0.25, 0.3) is 0 Å². The Hall–Kier alpha value is -0.0800. The topological polar surface area (TPSA) is 24.1 Å². The lowest BCUT2D eigenvalue weighted by Gasteiger charge is -2.61. The molecule has 14 heavy (non-hydrogen) atoms. The Kier molecular flexibility index (Phi) is 1.37. The van der Waals surface area contributed by atoms with Gasteiger partial charge >= 0.3 is 0 Å². The van der Waals surface area contributed by atoms with Crippen molar-refractivity contribution in [1.82, 2.24) is 10.6 Å². The van der Waals surface area contributed by atoms with E-state index in [2.05, 4.69) is 10.6 Å². The third kappa shape index (κ3) is 0.772. The Bertz CT molecular complexity index is 254. The second-order valence-corrected chi connectivity index (χ2v) is 5.84. The van der Waals surface area contributed by atoms with E-state index in [1.54, 1.807) is 6.04 Å². The summed E-state index contributed by atoms with van der Waals surface area (Å²) in [6.45, 7) is 0. The van der Waals surface area contributed by atoms with Crippen molar-refractivity contribution in [2.45, 2.75) is 68.5 Å². The SMILES string of the molecule is C1C[C]2CC(C34CCC(CC3)N4)(C1)N2. The van der Waals surface area contributed by atoms with Crippen LogP contribution >= 0.6 is 0 Å². The standard InChI is InChI=1S/C12H19N2/c1-2-10-8-12(5-1,14-10)11-6-3-9(13-11)4-7-11/h9,13-14H,1-8H2. The number of rotatable bonds is 1. The van der Waals surface area contributed by atoms with Gasteiger partial charge in [0.05, 0.1) is 0 Å². The third-order valence-corrected chi connectivity index (χ3v) is 5.25. The van der Waals surface area contributed by atoms with Gasteiger partial charge in [-0.3, -0.25) is 0 Å². The minimum atomic E-state index is 0.492. The first kappa shape index (κ1) is 8.12. The summed E-state index contributed by atoms with van der Waals surface area (Å²) in [6, 6.07) is 2.50. The zero-order valence-electron chi connectivity index (χ0n) is 8.73. The fourth-order valence-electron chi connectivity index (χ4n) is 4.52. The molecule has 1 saturated carbocycles. The molecule has 2 nitrogen and oxygen atoms in total. The van der Waals surface area contributed by atoms with Gasteiger partial charge in [-0.2, -0.15) is 0 Å². The monoisotopic (exact) mass is 191 g/mol. The van der Waals surface area contributed by atoms with Crippen molar-refractivity contribution in [3.63, 3.8) is 0 Å². The maximum absolute atomic E-state index is 3.91. The van der Waals surface area contributed by atoms with E-state index in [1.165, 1.54) is 51.4 Å². The molecule has 1 aliphatic carbocycles. The molecular formula is C12H19N2. The third-order valence-electron chi connectivity index (χ3n) is 5.25. The molecule has 4 heterocycles. The van der Waals surface area contributed by atoms with Crippen LogP contribution < -0.4 is 10.6 Å². The summed E-state index contributed by atoms with van der Waals surface area (Å²) in [5.41, 5.74) is 0.993. The zero-order chi connectivity index (χ0) is 9.23. The summed E-state index contributed by atoms with van der Waals surface area (Å²) in [7, 11) is 0. The van der Waals surface area contributed by atoms with Crippen LogP contribution in [0.2, 0.25) is 0 Å². The number of hydrogen-bond acceptors (Lipinski definition) is 2. The summed E-state index contributed by atoms with van der Waals surface area (Å²) in [6.07, 6.45) is 11.3. The first-order chi connectivity index (χ1) is 6.82. The summed E-state index contributed by atoms with van der Waals surface area (Å²) >= 11 is 0. The van der Waals surface area contributed by atoms with Crippen molar-refractivity contribution < 1.29 is 0 Å². The molecule has 2 N–H and O–H groups in total. The number of hydrogen-bond donors (Lipinski definition) is 2. The fraction of sp³-hybridized carbons (Fsp3) is 0.917. The van der Waals surface area contributed by atoms with Crippen LogP contribution in [-0.2, 0) is 0 Å². The molecule has 0 aromatic carbocycles. The van der Waals surface area contributed by atoms with E-state index in [1.807, 2.05) is 0 Å². The highest BCUT2D eigenvalue weighted by molar-refractivity contribution is 5.30. The van der Waals surface area contributed by atoms with E-state index < -0.39 is 0 Å². The summed E-state index contributed by atoms with van der Waals surface area (Å²) < 4.78 is 0. The predicted molar refractivity (Wildman–Crippen MR) is 55.7 cm³/mol. The molecular weight excluding hydrogens is 172 g/mol. The van der Waals surface area contributed by atoms with Crippen LogP contribution in [0.15, 0.2) is 0 Å². The largest absolute Gasteiger partial charge is 0.307 e. The lowest BCUT2D eigenvalue weighted by Crippen LogP contribution is -2.75. The van der Waals surface area contributed by atoms with Gasteiger partial charge in [-0.1, -0.05) is 0 Å². The van der Waals surface area contributed by atoms with Gasteiger partial charge in [-0.15, -0.1) is 0 Å². The molecule has 0 aromatic heterocycles. The second-order valence-electron chi connectivity index (χ2n) is 5.84. The highest BCUT2D eigenvalue weighted by atomic mass is 15.2. The molecule has 1 atom stereocenters. The molecule has 0 aromatic rings. The first-order valence-electron chi connectivity index (χ1n) is 6.23. The summed E-state index contributed by atoms with van der Waals surface area (Å²) in [5.74, 6) is 0. The van der Waals surface area contributed by atoms with E-state index in [4.69, 9.17) is 0 Å². The molecule has 4 aliphatic heterocycles. The minimum Gasteiger partial charge on any atom is -0.307 e. The Balaban J connectivity index is 1.68. The van der Waals surface area contributed by atoms with Crippen LogP contribution in [0.4, 0.5) is 0 Å². The molecule has 1 radical (unpaired) electrons. The predicted octanol–water partition coefficient (Wildman–Crippen LogP) is 1.72. The van der Waals surface area contributed by atoms with Crippen LogP contribution in [-0.4, -0.2) is 17.1 Å². The average molecular weight is 191 g/mol.